The Hall–Kier alpha value is -1.57. The largest absolute Gasteiger partial charge is 0.492 e. The van der Waals surface area contributed by atoms with Crippen LogP contribution in [0.5, 0.6) is 0 Å². The van der Waals surface area contributed by atoms with Crippen molar-refractivity contribution in [1.29, 1.82) is 0 Å². The third-order valence-electron chi connectivity index (χ3n) is 7.68. The lowest BCUT2D eigenvalue weighted by Crippen LogP contribution is -2.58. The molecule has 4 fully saturated rings. The summed E-state index contributed by atoms with van der Waals surface area (Å²) in [5.74, 6) is 0.631. The molecule has 0 radical (unpaired) electrons. The van der Waals surface area contributed by atoms with Crippen LogP contribution < -0.4 is 0 Å². The standard InChI is InChI=1S/C22H31NO6/c1-5-14(24)13-7-8-15-17-16-11(2)19(20-18(26-4)12(3)21(25)27-20)29-22(16,28-15)9-6-10-23(13)17/h11,13-17,24H,5-10H2,1-4H3/t11-,13-,14-,15-,16+,17-,22+/m0/s1. The number of allylic oxidation sites excluding steroid dienone is 1. The molecule has 0 aromatic carbocycles. The molecule has 160 valence electrons. The van der Waals surface area contributed by atoms with Crippen molar-refractivity contribution in [2.75, 3.05) is 13.7 Å². The second-order valence-corrected chi connectivity index (χ2v) is 9.08. The van der Waals surface area contributed by atoms with Crippen molar-refractivity contribution in [2.45, 2.75) is 83.0 Å². The van der Waals surface area contributed by atoms with Crippen molar-refractivity contribution in [2.24, 2.45) is 11.8 Å². The third-order valence-corrected chi connectivity index (χ3v) is 7.68. The minimum atomic E-state index is -0.681. The third kappa shape index (κ3) is 2.56. The maximum Gasteiger partial charge on any atom is 0.343 e. The molecule has 0 aromatic heterocycles. The van der Waals surface area contributed by atoms with Crippen molar-refractivity contribution in [1.82, 2.24) is 4.90 Å². The van der Waals surface area contributed by atoms with E-state index in [2.05, 4.69) is 11.8 Å². The number of nitrogens with zero attached hydrogens (tertiary/aromatic N) is 1. The van der Waals surface area contributed by atoms with Crippen LogP contribution in [0.4, 0.5) is 0 Å². The van der Waals surface area contributed by atoms with E-state index in [1.165, 1.54) is 0 Å². The van der Waals surface area contributed by atoms with E-state index >= 15 is 0 Å². The SMILES string of the molecule is CC[C@H](O)[C@@H]1CC[C@@H]2O[C@@]34CCCN1[C@@H]2[C@H]3[C@H](C)C(=C1OC(=O)C(C)=C1OC)O4. The minimum Gasteiger partial charge on any atom is -0.492 e. The molecule has 29 heavy (non-hydrogen) atoms. The van der Waals surface area contributed by atoms with Gasteiger partial charge in [0.25, 0.3) is 0 Å². The van der Waals surface area contributed by atoms with Gasteiger partial charge in [-0.25, -0.2) is 4.79 Å². The summed E-state index contributed by atoms with van der Waals surface area (Å²) in [5, 5.41) is 10.7. The Kier molecular flexibility index (Phi) is 4.50. The molecule has 0 spiro atoms. The van der Waals surface area contributed by atoms with Crippen LogP contribution in [-0.2, 0) is 23.7 Å². The lowest BCUT2D eigenvalue weighted by molar-refractivity contribution is -0.213. The van der Waals surface area contributed by atoms with Crippen molar-refractivity contribution in [3.05, 3.63) is 22.9 Å². The molecule has 7 nitrogen and oxygen atoms in total. The summed E-state index contributed by atoms with van der Waals surface area (Å²) in [6, 6.07) is 0.377. The molecule has 2 bridgehead atoms. The first-order valence-corrected chi connectivity index (χ1v) is 10.9. The molecular weight excluding hydrogens is 374 g/mol. The first-order valence-electron chi connectivity index (χ1n) is 10.9. The van der Waals surface area contributed by atoms with Gasteiger partial charge in [-0.15, -0.1) is 0 Å². The van der Waals surface area contributed by atoms with Crippen LogP contribution in [0.1, 0.15) is 52.9 Å². The van der Waals surface area contributed by atoms with Crippen LogP contribution in [-0.4, -0.2) is 59.7 Å². The maximum absolute atomic E-state index is 12.1. The highest BCUT2D eigenvalue weighted by Gasteiger charge is 2.68. The van der Waals surface area contributed by atoms with Crippen molar-refractivity contribution < 1.29 is 28.8 Å². The smallest absolute Gasteiger partial charge is 0.343 e. The van der Waals surface area contributed by atoms with Crippen LogP contribution >= 0.6 is 0 Å². The van der Waals surface area contributed by atoms with Gasteiger partial charge in [-0.3, -0.25) is 4.90 Å². The summed E-state index contributed by atoms with van der Waals surface area (Å²) in [7, 11) is 1.55. The van der Waals surface area contributed by atoms with Crippen LogP contribution in [0.3, 0.4) is 0 Å². The van der Waals surface area contributed by atoms with E-state index in [0.717, 1.165) is 38.6 Å². The summed E-state index contributed by atoms with van der Waals surface area (Å²) in [6.45, 7) is 6.85. The predicted molar refractivity (Wildman–Crippen MR) is 103 cm³/mol. The van der Waals surface area contributed by atoms with Gasteiger partial charge in [-0.1, -0.05) is 13.8 Å². The van der Waals surface area contributed by atoms with Crippen molar-refractivity contribution >= 4 is 5.97 Å². The summed E-state index contributed by atoms with van der Waals surface area (Å²) in [5.41, 5.74) is 0.466. The molecule has 5 rings (SSSR count). The van der Waals surface area contributed by atoms with E-state index in [1.54, 1.807) is 14.0 Å². The average molecular weight is 405 g/mol. The van der Waals surface area contributed by atoms with Crippen LogP contribution in [0.2, 0.25) is 0 Å². The molecule has 5 aliphatic heterocycles. The Morgan fingerprint density at radius 2 is 2.17 bits per heavy atom. The van der Waals surface area contributed by atoms with Crippen LogP contribution in [0.15, 0.2) is 22.9 Å². The number of hydrogen-bond acceptors (Lipinski definition) is 7. The zero-order valence-electron chi connectivity index (χ0n) is 17.6. The lowest BCUT2D eigenvalue weighted by atomic mass is 9.77. The quantitative estimate of drug-likeness (QED) is 0.723. The first kappa shape index (κ1) is 19.4. The Bertz CT molecular complexity index is 790. The molecule has 0 saturated carbocycles. The fourth-order valence-electron chi connectivity index (χ4n) is 6.40. The molecule has 1 N–H and O–H groups in total. The molecular formula is C22H31NO6. The van der Waals surface area contributed by atoms with E-state index in [4.69, 9.17) is 18.9 Å². The van der Waals surface area contributed by atoms with Gasteiger partial charge in [-0.2, -0.15) is 0 Å². The van der Waals surface area contributed by atoms with Gasteiger partial charge in [0.2, 0.25) is 11.5 Å². The molecule has 5 aliphatic rings. The topological polar surface area (TPSA) is 77.5 Å². The minimum absolute atomic E-state index is 0.0296. The molecule has 0 aliphatic carbocycles. The van der Waals surface area contributed by atoms with Gasteiger partial charge in [0.05, 0.1) is 30.8 Å². The Morgan fingerprint density at radius 3 is 2.90 bits per heavy atom. The number of hydrogen-bond donors (Lipinski definition) is 1. The second kappa shape index (κ2) is 6.72. The van der Waals surface area contributed by atoms with Gasteiger partial charge in [-0.05, 0) is 39.2 Å². The molecule has 0 amide bonds. The average Bonchev–Trinajstić information content (AvgIpc) is 3.23. The predicted octanol–water partition coefficient (Wildman–Crippen LogP) is 2.45. The number of carbonyl (C=O) groups excluding carboxylic acids is 1. The Balaban J connectivity index is 1.55. The zero-order valence-corrected chi connectivity index (χ0v) is 17.6. The summed E-state index contributed by atoms with van der Waals surface area (Å²) in [4.78, 5) is 14.6. The fraction of sp³-hybridized carbons (Fsp3) is 0.773. The van der Waals surface area contributed by atoms with Gasteiger partial charge >= 0.3 is 5.97 Å². The van der Waals surface area contributed by atoms with Gasteiger partial charge in [0.15, 0.2) is 5.76 Å². The highest BCUT2D eigenvalue weighted by atomic mass is 16.7. The number of methoxy groups -OCH3 is 1. The highest BCUT2D eigenvalue weighted by molar-refractivity contribution is 5.93. The Labute approximate surface area is 171 Å². The summed E-state index contributed by atoms with van der Waals surface area (Å²) in [6.07, 6.45) is 4.22. The number of aliphatic hydroxyl groups is 1. The van der Waals surface area contributed by atoms with Crippen molar-refractivity contribution in [3.63, 3.8) is 0 Å². The normalized spacial score (nSPS) is 45.0. The van der Waals surface area contributed by atoms with E-state index < -0.39 is 5.79 Å². The van der Waals surface area contributed by atoms with Crippen LogP contribution in [0.25, 0.3) is 0 Å². The number of carbonyl (C=O) groups is 1. The Morgan fingerprint density at radius 1 is 1.38 bits per heavy atom. The van der Waals surface area contributed by atoms with Crippen molar-refractivity contribution in [3.8, 4) is 0 Å². The molecule has 0 aromatic rings. The van der Waals surface area contributed by atoms with E-state index in [1.807, 2.05) is 6.92 Å². The molecule has 5 heterocycles. The zero-order chi connectivity index (χ0) is 20.5. The number of rotatable bonds is 3. The molecule has 7 heteroatoms. The number of aliphatic hydroxyl groups excluding tert-OH is 1. The van der Waals surface area contributed by atoms with E-state index in [9.17, 15) is 9.90 Å². The molecule has 7 atom stereocenters. The van der Waals surface area contributed by atoms with Gasteiger partial charge in [0.1, 0.15) is 5.76 Å². The monoisotopic (exact) mass is 405 g/mol. The number of piperidine rings is 1. The molecule has 4 saturated heterocycles. The fourth-order valence-corrected chi connectivity index (χ4v) is 6.40. The van der Waals surface area contributed by atoms with Gasteiger partial charge < -0.3 is 24.1 Å². The van der Waals surface area contributed by atoms with E-state index in [-0.39, 0.29) is 42.1 Å². The highest BCUT2D eigenvalue weighted by Crippen LogP contribution is 2.59. The van der Waals surface area contributed by atoms with Crippen LogP contribution in [0, 0.1) is 11.8 Å². The number of ether oxygens (including phenoxy) is 4. The summed E-state index contributed by atoms with van der Waals surface area (Å²) >= 11 is 0. The lowest BCUT2D eigenvalue weighted by Gasteiger charge is -2.46. The maximum atomic E-state index is 12.1. The molecule has 0 unspecified atom stereocenters. The number of esters is 1. The first-order chi connectivity index (χ1) is 13.9. The number of cyclic esters (lactones) is 1. The second-order valence-electron chi connectivity index (χ2n) is 9.08. The summed E-state index contributed by atoms with van der Waals surface area (Å²) < 4.78 is 24.2. The van der Waals surface area contributed by atoms with Gasteiger partial charge in [0, 0.05) is 24.4 Å². The van der Waals surface area contributed by atoms with E-state index in [0.29, 0.717) is 22.9 Å².